The van der Waals surface area contributed by atoms with Crippen LogP contribution in [-0.2, 0) is 9.53 Å². The van der Waals surface area contributed by atoms with Crippen molar-refractivity contribution in [1.82, 2.24) is 4.90 Å². The molecule has 0 aliphatic heterocycles. The van der Waals surface area contributed by atoms with Gasteiger partial charge in [0.1, 0.15) is 5.78 Å². The number of hydrogen-bond acceptors (Lipinski definition) is 4. The van der Waals surface area contributed by atoms with E-state index in [1.54, 1.807) is 7.11 Å². The fourth-order valence-corrected chi connectivity index (χ4v) is 3.04. The number of methoxy groups -OCH3 is 1. The van der Waals surface area contributed by atoms with Crippen molar-refractivity contribution in [2.45, 2.75) is 40.0 Å². The maximum absolute atomic E-state index is 12.2. The molecule has 4 nitrogen and oxygen atoms in total. The summed E-state index contributed by atoms with van der Waals surface area (Å²) in [5, 5.41) is 9.15. The third-order valence-electron chi connectivity index (χ3n) is 4.49. The molecule has 1 N–H and O–H groups in total. The van der Waals surface area contributed by atoms with Gasteiger partial charge < -0.3 is 9.84 Å². The second-order valence-electron chi connectivity index (χ2n) is 7.02. The summed E-state index contributed by atoms with van der Waals surface area (Å²) in [6, 6.07) is 0. The van der Waals surface area contributed by atoms with E-state index >= 15 is 0 Å². The van der Waals surface area contributed by atoms with Gasteiger partial charge in [0, 0.05) is 39.1 Å². The zero-order chi connectivity index (χ0) is 15.2. The van der Waals surface area contributed by atoms with Crippen LogP contribution < -0.4 is 0 Å². The van der Waals surface area contributed by atoms with Crippen molar-refractivity contribution in [3.63, 3.8) is 0 Å². The highest BCUT2D eigenvalue weighted by Gasteiger charge is 2.35. The average molecular weight is 285 g/mol. The summed E-state index contributed by atoms with van der Waals surface area (Å²) in [6.07, 6.45) is 2.72. The van der Waals surface area contributed by atoms with Crippen LogP contribution in [0.15, 0.2) is 0 Å². The Morgan fingerprint density at radius 2 is 2.05 bits per heavy atom. The molecule has 0 aromatic rings. The van der Waals surface area contributed by atoms with Crippen molar-refractivity contribution in [3.8, 4) is 0 Å². The Morgan fingerprint density at radius 1 is 1.35 bits per heavy atom. The summed E-state index contributed by atoms with van der Waals surface area (Å²) in [7, 11) is 1.68. The lowest BCUT2D eigenvalue weighted by Crippen LogP contribution is -2.41. The molecule has 0 aromatic carbocycles. The summed E-state index contributed by atoms with van der Waals surface area (Å²) < 4.78 is 5.10. The van der Waals surface area contributed by atoms with E-state index in [0.717, 1.165) is 25.9 Å². The van der Waals surface area contributed by atoms with Crippen LogP contribution >= 0.6 is 0 Å². The van der Waals surface area contributed by atoms with Crippen molar-refractivity contribution < 1.29 is 14.6 Å². The van der Waals surface area contributed by atoms with E-state index in [2.05, 4.69) is 25.7 Å². The molecule has 118 valence electrons. The molecule has 0 saturated heterocycles. The van der Waals surface area contributed by atoms with Crippen LogP contribution in [0.4, 0.5) is 0 Å². The SMILES string of the molecule is COCCN(CCO)CC1CC(C(C)(C)C)CCC1=O. The Kier molecular flexibility index (Phi) is 7.13. The Labute approximate surface area is 123 Å². The standard InChI is InChI=1S/C16H31NO3/c1-16(2,3)14-5-6-15(19)13(11-14)12-17(7-9-18)8-10-20-4/h13-14,18H,5-12H2,1-4H3. The fraction of sp³-hybridized carbons (Fsp3) is 0.938. The van der Waals surface area contributed by atoms with Gasteiger partial charge in [0.2, 0.25) is 0 Å². The van der Waals surface area contributed by atoms with E-state index in [-0.39, 0.29) is 17.9 Å². The summed E-state index contributed by atoms with van der Waals surface area (Å²) in [5.74, 6) is 1.13. The number of nitrogens with zero attached hydrogens (tertiary/aromatic N) is 1. The second-order valence-corrected chi connectivity index (χ2v) is 7.02. The number of carbonyl (C=O) groups excluding carboxylic acids is 1. The van der Waals surface area contributed by atoms with Gasteiger partial charge in [0.05, 0.1) is 13.2 Å². The molecule has 1 aliphatic rings. The molecule has 0 bridgehead atoms. The summed E-state index contributed by atoms with van der Waals surface area (Å²) in [5.41, 5.74) is 0.271. The number of aliphatic hydroxyl groups is 1. The molecule has 1 rings (SSSR count). The van der Waals surface area contributed by atoms with Gasteiger partial charge in [-0.2, -0.15) is 0 Å². The van der Waals surface area contributed by atoms with E-state index < -0.39 is 0 Å². The van der Waals surface area contributed by atoms with Gasteiger partial charge in [-0.15, -0.1) is 0 Å². The molecular weight excluding hydrogens is 254 g/mol. The van der Waals surface area contributed by atoms with Crippen molar-refractivity contribution >= 4 is 5.78 Å². The average Bonchev–Trinajstić information content (AvgIpc) is 2.37. The third kappa shape index (κ3) is 5.51. The van der Waals surface area contributed by atoms with Crippen LogP contribution in [0.5, 0.6) is 0 Å². The minimum atomic E-state index is 0.122. The Balaban J connectivity index is 2.59. The first-order chi connectivity index (χ1) is 9.38. The van der Waals surface area contributed by atoms with Crippen molar-refractivity contribution in [3.05, 3.63) is 0 Å². The minimum Gasteiger partial charge on any atom is -0.395 e. The largest absolute Gasteiger partial charge is 0.395 e. The predicted molar refractivity (Wildman–Crippen MR) is 80.7 cm³/mol. The molecule has 2 atom stereocenters. The lowest BCUT2D eigenvalue weighted by atomic mass is 9.68. The monoisotopic (exact) mass is 285 g/mol. The number of ketones is 1. The van der Waals surface area contributed by atoms with Gasteiger partial charge in [-0.3, -0.25) is 9.69 Å². The maximum Gasteiger partial charge on any atom is 0.137 e. The van der Waals surface area contributed by atoms with Crippen LogP contribution in [0.2, 0.25) is 0 Å². The van der Waals surface area contributed by atoms with Crippen molar-refractivity contribution in [2.24, 2.45) is 17.3 Å². The summed E-state index contributed by atoms with van der Waals surface area (Å²) in [4.78, 5) is 14.3. The van der Waals surface area contributed by atoms with E-state index in [0.29, 0.717) is 31.3 Å². The van der Waals surface area contributed by atoms with E-state index in [1.807, 2.05) is 0 Å². The number of aliphatic hydroxyl groups excluding tert-OH is 1. The first kappa shape index (κ1) is 17.6. The molecule has 20 heavy (non-hydrogen) atoms. The predicted octanol–water partition coefficient (Wildman–Crippen LogP) is 1.96. The molecular formula is C16H31NO3. The van der Waals surface area contributed by atoms with E-state index in [9.17, 15) is 4.79 Å². The highest BCUT2D eigenvalue weighted by molar-refractivity contribution is 5.82. The van der Waals surface area contributed by atoms with E-state index in [1.165, 1.54) is 0 Å². The van der Waals surface area contributed by atoms with Gasteiger partial charge in [0.15, 0.2) is 0 Å². The first-order valence-corrected chi connectivity index (χ1v) is 7.73. The lowest BCUT2D eigenvalue weighted by Gasteiger charge is -2.38. The lowest BCUT2D eigenvalue weighted by molar-refractivity contribution is -0.127. The van der Waals surface area contributed by atoms with Crippen LogP contribution in [-0.4, -0.2) is 55.7 Å². The molecule has 4 heteroatoms. The molecule has 0 spiro atoms. The third-order valence-corrected chi connectivity index (χ3v) is 4.49. The zero-order valence-electron chi connectivity index (χ0n) is 13.5. The highest BCUT2D eigenvalue weighted by Crippen LogP contribution is 2.39. The number of ether oxygens (including phenoxy) is 1. The summed E-state index contributed by atoms with van der Waals surface area (Å²) in [6.45, 7) is 9.73. The number of rotatable bonds is 7. The molecule has 1 saturated carbocycles. The summed E-state index contributed by atoms with van der Waals surface area (Å²) >= 11 is 0. The van der Waals surface area contributed by atoms with Crippen LogP contribution in [0.3, 0.4) is 0 Å². The Morgan fingerprint density at radius 3 is 2.60 bits per heavy atom. The molecule has 0 amide bonds. The Bertz CT molecular complexity index is 299. The van der Waals surface area contributed by atoms with Gasteiger partial charge in [-0.1, -0.05) is 20.8 Å². The quantitative estimate of drug-likeness (QED) is 0.777. The zero-order valence-corrected chi connectivity index (χ0v) is 13.5. The van der Waals surface area contributed by atoms with Crippen molar-refractivity contribution in [1.29, 1.82) is 0 Å². The minimum absolute atomic E-state index is 0.122. The van der Waals surface area contributed by atoms with Gasteiger partial charge in [-0.05, 0) is 24.2 Å². The van der Waals surface area contributed by atoms with Gasteiger partial charge >= 0.3 is 0 Å². The molecule has 1 aliphatic carbocycles. The van der Waals surface area contributed by atoms with Crippen molar-refractivity contribution in [2.75, 3.05) is 40.0 Å². The number of carbonyl (C=O) groups is 1. The molecule has 0 aromatic heterocycles. The molecule has 0 radical (unpaired) electrons. The first-order valence-electron chi connectivity index (χ1n) is 7.73. The van der Waals surface area contributed by atoms with E-state index in [4.69, 9.17) is 9.84 Å². The fourth-order valence-electron chi connectivity index (χ4n) is 3.04. The topological polar surface area (TPSA) is 49.8 Å². The van der Waals surface area contributed by atoms with Crippen LogP contribution in [0, 0.1) is 17.3 Å². The molecule has 1 fully saturated rings. The number of hydrogen-bond donors (Lipinski definition) is 1. The molecule has 2 unspecified atom stereocenters. The number of Topliss-reactive ketones (excluding diaryl/α,β-unsaturated/α-hetero) is 1. The molecule has 0 heterocycles. The normalized spacial score (nSPS) is 24.4. The smallest absolute Gasteiger partial charge is 0.137 e. The Hall–Kier alpha value is -0.450. The second kappa shape index (κ2) is 8.11. The maximum atomic E-state index is 12.2. The highest BCUT2D eigenvalue weighted by atomic mass is 16.5. The van der Waals surface area contributed by atoms with Crippen LogP contribution in [0.25, 0.3) is 0 Å². The van der Waals surface area contributed by atoms with Gasteiger partial charge in [0.25, 0.3) is 0 Å². The van der Waals surface area contributed by atoms with Gasteiger partial charge in [-0.25, -0.2) is 0 Å². The van der Waals surface area contributed by atoms with Crippen LogP contribution in [0.1, 0.15) is 40.0 Å².